The van der Waals surface area contributed by atoms with Crippen LogP contribution in [0.3, 0.4) is 0 Å². The molecule has 3 amide bonds. The lowest BCUT2D eigenvalue weighted by Crippen LogP contribution is -2.27. The summed E-state index contributed by atoms with van der Waals surface area (Å²) in [6.07, 6.45) is 1.63. The van der Waals surface area contributed by atoms with E-state index in [1.807, 2.05) is 56.3 Å². The van der Waals surface area contributed by atoms with Crippen LogP contribution in [0.2, 0.25) is 5.02 Å². The van der Waals surface area contributed by atoms with Crippen LogP contribution in [0.4, 0.5) is 10.5 Å². The smallest absolute Gasteiger partial charge is 0.293 e. The third kappa shape index (κ3) is 6.32. The summed E-state index contributed by atoms with van der Waals surface area (Å²) in [5.41, 5.74) is 4.37. The van der Waals surface area contributed by atoms with Gasteiger partial charge >= 0.3 is 0 Å². The number of nitrogens with one attached hydrogen (secondary N) is 1. The van der Waals surface area contributed by atoms with E-state index in [9.17, 15) is 14.4 Å². The van der Waals surface area contributed by atoms with Gasteiger partial charge in [-0.05, 0) is 72.6 Å². The highest BCUT2D eigenvalue weighted by atomic mass is 35.5. The number of anilines is 1. The minimum absolute atomic E-state index is 0.203. The highest BCUT2D eigenvalue weighted by molar-refractivity contribution is 8.18. The fraction of sp³-hybridized carbons (Fsp3) is 0.148. The van der Waals surface area contributed by atoms with Crippen molar-refractivity contribution in [3.05, 3.63) is 98.9 Å². The molecule has 8 heteroatoms. The lowest BCUT2D eigenvalue weighted by Gasteiger charge is -2.12. The van der Waals surface area contributed by atoms with Gasteiger partial charge in [0.25, 0.3) is 17.1 Å². The number of rotatable bonds is 7. The SMILES string of the molecule is Cc1ccc(CN2C(=O)S/C(=C\c3ccc(OCC(=O)Nc4cccc(C)c4)c(Cl)c3)C2=O)cc1. The molecule has 0 atom stereocenters. The molecule has 3 aromatic rings. The highest BCUT2D eigenvalue weighted by Gasteiger charge is 2.35. The van der Waals surface area contributed by atoms with E-state index >= 15 is 0 Å². The average molecular weight is 507 g/mol. The summed E-state index contributed by atoms with van der Waals surface area (Å²) in [6.45, 7) is 3.94. The number of ether oxygens (including phenoxy) is 1. The van der Waals surface area contributed by atoms with Gasteiger partial charge in [0.15, 0.2) is 6.61 Å². The molecule has 1 heterocycles. The molecule has 1 N–H and O–H groups in total. The number of carbonyl (C=O) groups is 3. The van der Waals surface area contributed by atoms with Crippen molar-refractivity contribution in [2.24, 2.45) is 0 Å². The molecule has 1 saturated heterocycles. The molecule has 35 heavy (non-hydrogen) atoms. The number of hydrogen-bond donors (Lipinski definition) is 1. The molecule has 0 aliphatic carbocycles. The lowest BCUT2D eigenvalue weighted by atomic mass is 10.1. The molecular formula is C27H23ClN2O4S. The van der Waals surface area contributed by atoms with Crippen LogP contribution in [0.5, 0.6) is 5.75 Å². The Kier molecular flexibility index (Phi) is 7.58. The minimum atomic E-state index is -0.343. The van der Waals surface area contributed by atoms with Crippen molar-refractivity contribution in [1.29, 1.82) is 0 Å². The van der Waals surface area contributed by atoms with E-state index < -0.39 is 0 Å². The number of hydrogen-bond acceptors (Lipinski definition) is 5. The van der Waals surface area contributed by atoms with Crippen molar-refractivity contribution < 1.29 is 19.1 Å². The Morgan fingerprint density at radius 1 is 1.03 bits per heavy atom. The van der Waals surface area contributed by atoms with E-state index in [1.165, 1.54) is 4.90 Å². The second kappa shape index (κ2) is 10.8. The summed E-state index contributed by atoms with van der Waals surface area (Å²) < 4.78 is 5.56. The van der Waals surface area contributed by atoms with Crippen molar-refractivity contribution in [3.63, 3.8) is 0 Å². The maximum absolute atomic E-state index is 12.8. The van der Waals surface area contributed by atoms with Crippen molar-refractivity contribution in [1.82, 2.24) is 4.90 Å². The minimum Gasteiger partial charge on any atom is -0.482 e. The Hall–Kier alpha value is -3.55. The van der Waals surface area contributed by atoms with Crippen molar-refractivity contribution >= 4 is 52.2 Å². The molecule has 0 saturated carbocycles. The largest absolute Gasteiger partial charge is 0.482 e. The van der Waals surface area contributed by atoms with E-state index in [2.05, 4.69) is 5.32 Å². The first kappa shape index (κ1) is 24.6. The molecule has 0 spiro atoms. The van der Waals surface area contributed by atoms with Crippen LogP contribution in [-0.2, 0) is 16.1 Å². The van der Waals surface area contributed by atoms with Gasteiger partial charge in [-0.15, -0.1) is 0 Å². The van der Waals surface area contributed by atoms with E-state index in [0.29, 0.717) is 26.9 Å². The number of benzene rings is 3. The number of imide groups is 1. The van der Waals surface area contributed by atoms with Crippen LogP contribution in [0.15, 0.2) is 71.6 Å². The molecular weight excluding hydrogens is 484 g/mol. The summed E-state index contributed by atoms with van der Waals surface area (Å²) >= 11 is 7.23. The van der Waals surface area contributed by atoms with Crippen molar-refractivity contribution in [3.8, 4) is 5.75 Å². The summed E-state index contributed by atoms with van der Waals surface area (Å²) in [5.74, 6) is -0.307. The number of nitrogens with zero attached hydrogens (tertiary/aromatic N) is 1. The topological polar surface area (TPSA) is 75.7 Å². The first-order valence-electron chi connectivity index (χ1n) is 10.9. The predicted molar refractivity (Wildman–Crippen MR) is 139 cm³/mol. The zero-order chi connectivity index (χ0) is 24.9. The molecule has 1 aliphatic heterocycles. The van der Waals surface area contributed by atoms with Gasteiger partial charge in [0.05, 0.1) is 16.5 Å². The quantitative estimate of drug-likeness (QED) is 0.385. The van der Waals surface area contributed by atoms with Crippen LogP contribution < -0.4 is 10.1 Å². The first-order valence-corrected chi connectivity index (χ1v) is 12.1. The second-order valence-corrected chi connectivity index (χ2v) is 9.55. The Balaban J connectivity index is 1.38. The zero-order valence-corrected chi connectivity index (χ0v) is 20.8. The van der Waals surface area contributed by atoms with Gasteiger partial charge in [-0.25, -0.2) is 0 Å². The summed E-state index contributed by atoms with van der Waals surface area (Å²) in [7, 11) is 0. The molecule has 178 valence electrons. The molecule has 1 aliphatic rings. The maximum Gasteiger partial charge on any atom is 0.293 e. The Labute approximate surface area is 212 Å². The third-order valence-electron chi connectivity index (χ3n) is 5.25. The average Bonchev–Trinajstić information content (AvgIpc) is 3.07. The van der Waals surface area contributed by atoms with Crippen molar-refractivity contribution in [2.75, 3.05) is 11.9 Å². The molecule has 3 aromatic carbocycles. The van der Waals surface area contributed by atoms with Gasteiger partial charge in [-0.1, -0.05) is 59.6 Å². The summed E-state index contributed by atoms with van der Waals surface area (Å²) in [5, 5.41) is 2.75. The standard InChI is InChI=1S/C27H23ClN2O4S/c1-17-6-8-19(9-7-17)15-30-26(32)24(35-27(30)33)14-20-10-11-23(22(28)13-20)34-16-25(31)29-21-5-3-4-18(2)12-21/h3-14H,15-16H2,1-2H3,(H,29,31)/b24-14-. The Morgan fingerprint density at radius 3 is 2.51 bits per heavy atom. The normalized spacial score (nSPS) is 14.5. The number of carbonyl (C=O) groups excluding carboxylic acids is 3. The highest BCUT2D eigenvalue weighted by Crippen LogP contribution is 2.34. The molecule has 4 rings (SSSR count). The summed E-state index contributed by atoms with van der Waals surface area (Å²) in [6, 6.07) is 20.1. The fourth-order valence-corrected chi connectivity index (χ4v) is 4.53. The third-order valence-corrected chi connectivity index (χ3v) is 6.45. The van der Waals surface area contributed by atoms with Gasteiger partial charge in [0.1, 0.15) is 5.75 Å². The van der Waals surface area contributed by atoms with E-state index in [0.717, 1.165) is 28.5 Å². The fourth-order valence-electron chi connectivity index (χ4n) is 3.45. The Morgan fingerprint density at radius 2 is 1.80 bits per heavy atom. The maximum atomic E-state index is 12.8. The van der Waals surface area contributed by atoms with Crippen molar-refractivity contribution in [2.45, 2.75) is 20.4 Å². The van der Waals surface area contributed by atoms with E-state index in [1.54, 1.807) is 30.3 Å². The monoisotopic (exact) mass is 506 g/mol. The van der Waals surface area contributed by atoms with Gasteiger partial charge in [-0.2, -0.15) is 0 Å². The zero-order valence-electron chi connectivity index (χ0n) is 19.2. The van der Waals surface area contributed by atoms with E-state index in [4.69, 9.17) is 16.3 Å². The second-order valence-electron chi connectivity index (χ2n) is 8.15. The van der Waals surface area contributed by atoms with Crippen LogP contribution in [0, 0.1) is 13.8 Å². The van der Waals surface area contributed by atoms with Crippen LogP contribution in [0.1, 0.15) is 22.3 Å². The molecule has 0 unspecified atom stereocenters. The predicted octanol–water partition coefficient (Wildman–Crippen LogP) is 6.21. The van der Waals surface area contributed by atoms with Gasteiger partial charge < -0.3 is 10.1 Å². The molecule has 6 nitrogen and oxygen atoms in total. The molecule has 0 bridgehead atoms. The van der Waals surface area contributed by atoms with Crippen LogP contribution in [0.25, 0.3) is 6.08 Å². The first-order chi connectivity index (χ1) is 16.8. The van der Waals surface area contributed by atoms with Gasteiger partial charge in [-0.3, -0.25) is 19.3 Å². The summed E-state index contributed by atoms with van der Waals surface area (Å²) in [4.78, 5) is 39.0. The van der Waals surface area contributed by atoms with Gasteiger partial charge in [0, 0.05) is 5.69 Å². The molecule has 0 radical (unpaired) electrons. The number of amides is 3. The molecule has 1 fully saturated rings. The van der Waals surface area contributed by atoms with Crippen LogP contribution in [-0.4, -0.2) is 28.6 Å². The van der Waals surface area contributed by atoms with E-state index in [-0.39, 0.29) is 30.2 Å². The number of halogens is 1. The lowest BCUT2D eigenvalue weighted by molar-refractivity contribution is -0.123. The van der Waals surface area contributed by atoms with Crippen LogP contribution >= 0.6 is 23.4 Å². The number of aryl methyl sites for hydroxylation is 2. The molecule has 0 aromatic heterocycles. The number of thioether (sulfide) groups is 1. The Bertz CT molecular complexity index is 1320. The van der Waals surface area contributed by atoms with Gasteiger partial charge in [0.2, 0.25) is 0 Å².